The minimum Gasteiger partial charge on any atom is -0.382 e. The molecule has 0 aliphatic carbocycles. The molecule has 0 aliphatic heterocycles. The van der Waals surface area contributed by atoms with Crippen LogP contribution in [0.3, 0.4) is 0 Å². The highest BCUT2D eigenvalue weighted by molar-refractivity contribution is 5.79. The number of benzene rings is 1. The predicted molar refractivity (Wildman–Crippen MR) is 104 cm³/mol. The maximum Gasteiger partial charge on any atom is 0.191 e. The van der Waals surface area contributed by atoms with Gasteiger partial charge in [-0.1, -0.05) is 29.8 Å². The smallest absolute Gasteiger partial charge is 0.191 e. The lowest BCUT2D eigenvalue weighted by Gasteiger charge is -2.26. The molecule has 0 aliphatic rings. The molecule has 6 nitrogen and oxygen atoms in total. The number of guanidine groups is 1. The number of likely N-dealkylation sites (N-methyl/N-ethyl adjacent to an activating group) is 1. The summed E-state index contributed by atoms with van der Waals surface area (Å²) in [5, 5.41) is 6.74. The molecule has 6 heteroatoms. The van der Waals surface area contributed by atoms with Crippen LogP contribution in [0.1, 0.15) is 23.6 Å². The minimum atomic E-state index is 0.288. The summed E-state index contributed by atoms with van der Waals surface area (Å²) in [7, 11) is 7.67. The van der Waals surface area contributed by atoms with Crippen LogP contribution in [-0.2, 0) is 9.47 Å². The third-order valence-electron chi connectivity index (χ3n) is 3.96. The van der Waals surface area contributed by atoms with E-state index in [1.54, 1.807) is 14.2 Å². The second kappa shape index (κ2) is 12.7. The average Bonchev–Trinajstić information content (AvgIpc) is 2.60. The number of aliphatic imine (C=N–C) groups is 1. The normalized spacial score (nSPS) is 13.1. The standard InChI is InChI=1S/C19H34N4O2/c1-16-7-9-17(10-8-16)18(23(3)4)15-22-19(20-2)21-11-6-12-25-14-13-24-5/h7-10,18H,6,11-15H2,1-5H3,(H2,20,21,22). The first-order valence-electron chi connectivity index (χ1n) is 8.82. The van der Waals surface area contributed by atoms with E-state index >= 15 is 0 Å². The minimum absolute atomic E-state index is 0.288. The summed E-state index contributed by atoms with van der Waals surface area (Å²) < 4.78 is 10.4. The van der Waals surface area contributed by atoms with Gasteiger partial charge in [0, 0.05) is 33.9 Å². The molecule has 0 fully saturated rings. The first kappa shape index (κ1) is 21.4. The van der Waals surface area contributed by atoms with Crippen molar-refractivity contribution in [3.05, 3.63) is 35.4 Å². The van der Waals surface area contributed by atoms with E-state index in [1.165, 1.54) is 11.1 Å². The van der Waals surface area contributed by atoms with E-state index in [-0.39, 0.29) is 6.04 Å². The molecule has 0 saturated carbocycles. The molecule has 0 heterocycles. The number of nitrogens with one attached hydrogen (secondary N) is 2. The van der Waals surface area contributed by atoms with Crippen LogP contribution in [0.25, 0.3) is 0 Å². The number of hydrogen-bond acceptors (Lipinski definition) is 4. The van der Waals surface area contributed by atoms with Crippen LogP contribution < -0.4 is 10.6 Å². The van der Waals surface area contributed by atoms with E-state index in [0.29, 0.717) is 13.2 Å². The Kier molecular flexibility index (Phi) is 10.9. The molecule has 0 aromatic heterocycles. The highest BCUT2D eigenvalue weighted by atomic mass is 16.5. The van der Waals surface area contributed by atoms with Gasteiger partial charge in [0.25, 0.3) is 0 Å². The molecule has 25 heavy (non-hydrogen) atoms. The first-order chi connectivity index (χ1) is 12.1. The van der Waals surface area contributed by atoms with Gasteiger partial charge in [0.2, 0.25) is 0 Å². The Hall–Kier alpha value is -1.63. The molecule has 0 bridgehead atoms. The van der Waals surface area contributed by atoms with Crippen LogP contribution in [0, 0.1) is 6.92 Å². The number of ether oxygens (including phenoxy) is 2. The van der Waals surface area contributed by atoms with Gasteiger partial charge in [-0.15, -0.1) is 0 Å². The van der Waals surface area contributed by atoms with Crippen molar-refractivity contribution in [2.45, 2.75) is 19.4 Å². The van der Waals surface area contributed by atoms with Gasteiger partial charge < -0.3 is 25.0 Å². The van der Waals surface area contributed by atoms with Gasteiger partial charge in [-0.05, 0) is 33.0 Å². The van der Waals surface area contributed by atoms with Crippen LogP contribution in [0.15, 0.2) is 29.3 Å². The van der Waals surface area contributed by atoms with E-state index in [9.17, 15) is 0 Å². The van der Waals surface area contributed by atoms with E-state index < -0.39 is 0 Å². The SMILES string of the molecule is CN=C(NCCCOCCOC)NCC(c1ccc(C)cc1)N(C)C. The Morgan fingerprint density at radius 2 is 1.84 bits per heavy atom. The van der Waals surface area contributed by atoms with Gasteiger partial charge in [-0.3, -0.25) is 4.99 Å². The zero-order valence-electron chi connectivity index (χ0n) is 16.3. The fourth-order valence-corrected chi connectivity index (χ4v) is 2.43. The number of nitrogens with zero attached hydrogens (tertiary/aromatic N) is 2. The van der Waals surface area contributed by atoms with Crippen molar-refractivity contribution in [2.24, 2.45) is 4.99 Å². The molecule has 0 radical (unpaired) electrons. The van der Waals surface area contributed by atoms with Crippen molar-refractivity contribution in [2.75, 3.05) is 61.2 Å². The number of hydrogen-bond donors (Lipinski definition) is 2. The lowest BCUT2D eigenvalue weighted by Crippen LogP contribution is -2.42. The van der Waals surface area contributed by atoms with Crippen molar-refractivity contribution in [3.63, 3.8) is 0 Å². The van der Waals surface area contributed by atoms with Crippen LogP contribution in [0.2, 0.25) is 0 Å². The molecular weight excluding hydrogens is 316 g/mol. The Labute approximate surface area is 152 Å². The first-order valence-corrected chi connectivity index (χ1v) is 8.82. The molecule has 0 amide bonds. The summed E-state index contributed by atoms with van der Waals surface area (Å²) in [4.78, 5) is 6.51. The van der Waals surface area contributed by atoms with Crippen LogP contribution in [-0.4, -0.2) is 72.0 Å². The quantitative estimate of drug-likeness (QED) is 0.362. The Morgan fingerprint density at radius 1 is 1.12 bits per heavy atom. The molecule has 1 unspecified atom stereocenters. The third kappa shape index (κ3) is 8.86. The number of methoxy groups -OCH3 is 1. The zero-order chi connectivity index (χ0) is 18.5. The highest BCUT2D eigenvalue weighted by Gasteiger charge is 2.14. The largest absolute Gasteiger partial charge is 0.382 e. The molecular formula is C19H34N4O2. The van der Waals surface area contributed by atoms with Crippen molar-refractivity contribution in [3.8, 4) is 0 Å². The maximum absolute atomic E-state index is 5.45. The topological polar surface area (TPSA) is 58.1 Å². The number of rotatable bonds is 11. The van der Waals surface area contributed by atoms with Gasteiger partial charge in [0.15, 0.2) is 5.96 Å². The van der Waals surface area contributed by atoms with E-state index in [4.69, 9.17) is 9.47 Å². The molecule has 2 N–H and O–H groups in total. The lowest BCUT2D eigenvalue weighted by atomic mass is 10.0. The lowest BCUT2D eigenvalue weighted by molar-refractivity contribution is 0.0698. The highest BCUT2D eigenvalue weighted by Crippen LogP contribution is 2.17. The van der Waals surface area contributed by atoms with E-state index in [2.05, 4.69) is 65.8 Å². The fourth-order valence-electron chi connectivity index (χ4n) is 2.43. The van der Waals surface area contributed by atoms with Gasteiger partial charge in [0.1, 0.15) is 0 Å². The van der Waals surface area contributed by atoms with Crippen molar-refractivity contribution >= 4 is 5.96 Å². The summed E-state index contributed by atoms with van der Waals surface area (Å²) in [6.45, 7) is 5.73. The summed E-state index contributed by atoms with van der Waals surface area (Å²) in [6.07, 6.45) is 0.930. The zero-order valence-corrected chi connectivity index (χ0v) is 16.3. The van der Waals surface area contributed by atoms with E-state index in [0.717, 1.165) is 32.1 Å². The van der Waals surface area contributed by atoms with Gasteiger partial charge in [0.05, 0.1) is 19.3 Å². The summed E-state index contributed by atoms with van der Waals surface area (Å²) in [5.41, 5.74) is 2.57. The van der Waals surface area contributed by atoms with Crippen LogP contribution in [0.4, 0.5) is 0 Å². The average molecular weight is 351 g/mol. The van der Waals surface area contributed by atoms with Crippen molar-refractivity contribution in [1.82, 2.24) is 15.5 Å². The molecule has 1 aromatic rings. The van der Waals surface area contributed by atoms with Gasteiger partial charge in [-0.2, -0.15) is 0 Å². The van der Waals surface area contributed by atoms with Crippen LogP contribution >= 0.6 is 0 Å². The Balaban J connectivity index is 2.37. The second-order valence-corrected chi connectivity index (χ2v) is 6.23. The van der Waals surface area contributed by atoms with Crippen LogP contribution in [0.5, 0.6) is 0 Å². The number of aryl methyl sites for hydroxylation is 1. The predicted octanol–water partition coefficient (Wildman–Crippen LogP) is 1.82. The fraction of sp³-hybridized carbons (Fsp3) is 0.632. The second-order valence-electron chi connectivity index (χ2n) is 6.23. The molecule has 0 saturated heterocycles. The van der Waals surface area contributed by atoms with Crippen molar-refractivity contribution in [1.29, 1.82) is 0 Å². The molecule has 1 atom stereocenters. The van der Waals surface area contributed by atoms with Gasteiger partial charge in [-0.25, -0.2) is 0 Å². The molecule has 1 rings (SSSR count). The summed E-state index contributed by atoms with van der Waals surface area (Å²) in [5.74, 6) is 0.816. The molecule has 1 aromatic carbocycles. The summed E-state index contributed by atoms with van der Waals surface area (Å²) >= 11 is 0. The van der Waals surface area contributed by atoms with E-state index in [1.807, 2.05) is 0 Å². The third-order valence-corrected chi connectivity index (χ3v) is 3.96. The Bertz CT molecular complexity index is 489. The van der Waals surface area contributed by atoms with Crippen molar-refractivity contribution < 1.29 is 9.47 Å². The molecule has 0 spiro atoms. The van der Waals surface area contributed by atoms with Gasteiger partial charge >= 0.3 is 0 Å². The maximum atomic E-state index is 5.45. The Morgan fingerprint density at radius 3 is 2.44 bits per heavy atom. The molecule has 142 valence electrons. The monoisotopic (exact) mass is 350 g/mol. The summed E-state index contributed by atoms with van der Waals surface area (Å²) in [6, 6.07) is 8.98.